The first-order chi connectivity index (χ1) is 15.6. The monoisotopic (exact) mass is 409 g/mol. The van der Waals surface area contributed by atoms with Crippen LogP contribution >= 0.6 is 0 Å². The zero-order valence-corrected chi connectivity index (χ0v) is 16.4. The molecule has 154 valence electrons. The lowest BCUT2D eigenvalue weighted by molar-refractivity contribution is -0.117. The summed E-state index contributed by atoms with van der Waals surface area (Å²) >= 11 is 0. The molecule has 1 saturated carbocycles. The zero-order valence-electron chi connectivity index (χ0n) is 19.4. The van der Waals surface area contributed by atoms with E-state index < -0.39 is 12.9 Å². The summed E-state index contributed by atoms with van der Waals surface area (Å²) in [7, 11) is 0. The van der Waals surface area contributed by atoms with E-state index in [9.17, 15) is 9.59 Å². The third-order valence-corrected chi connectivity index (χ3v) is 4.79. The summed E-state index contributed by atoms with van der Waals surface area (Å²) < 4.78 is 21.9. The zero-order chi connectivity index (χ0) is 23.8. The van der Waals surface area contributed by atoms with Crippen molar-refractivity contribution < 1.29 is 13.7 Å². The molecule has 1 aliphatic carbocycles. The van der Waals surface area contributed by atoms with Gasteiger partial charge in [0.05, 0.1) is 5.69 Å². The number of azo groups is 1. The van der Waals surface area contributed by atoms with Gasteiger partial charge in [-0.05, 0) is 38.3 Å². The van der Waals surface area contributed by atoms with E-state index in [4.69, 9.17) is 4.11 Å². The molecule has 10 heteroatoms. The maximum absolute atomic E-state index is 12.6. The molecule has 0 bridgehead atoms. The highest BCUT2D eigenvalue weighted by molar-refractivity contribution is 6.03. The topological polar surface area (TPSA) is 133 Å². The van der Waals surface area contributed by atoms with E-state index in [-0.39, 0.29) is 35.2 Å². The van der Waals surface area contributed by atoms with Gasteiger partial charge in [0, 0.05) is 34.3 Å². The van der Waals surface area contributed by atoms with Crippen molar-refractivity contribution in [3.63, 3.8) is 0 Å². The fourth-order valence-electron chi connectivity index (χ4n) is 3.00. The van der Waals surface area contributed by atoms with Crippen molar-refractivity contribution >= 4 is 34.8 Å². The van der Waals surface area contributed by atoms with Crippen LogP contribution in [0, 0.1) is 12.8 Å². The van der Waals surface area contributed by atoms with Crippen molar-refractivity contribution in [1.82, 2.24) is 15.5 Å². The van der Waals surface area contributed by atoms with E-state index in [2.05, 4.69) is 36.1 Å². The predicted octanol–water partition coefficient (Wildman–Crippen LogP) is 2.80. The molecule has 1 unspecified atom stereocenters. The first kappa shape index (κ1) is 16.1. The number of aliphatic imine (C=N–C) groups is 1. The van der Waals surface area contributed by atoms with Gasteiger partial charge in [0.25, 0.3) is 5.91 Å². The minimum absolute atomic E-state index is 0.0515. The van der Waals surface area contributed by atoms with Gasteiger partial charge >= 0.3 is 0 Å². The van der Waals surface area contributed by atoms with Crippen LogP contribution in [0.15, 0.2) is 39.5 Å². The molecule has 1 aromatic heterocycles. The summed E-state index contributed by atoms with van der Waals surface area (Å²) in [6.45, 7) is 0.974. The average Bonchev–Trinajstić information content (AvgIpc) is 3.50. The number of nitrogens with zero attached hydrogens (tertiary/aromatic N) is 5. The maximum Gasteiger partial charge on any atom is 0.273 e. The van der Waals surface area contributed by atoms with Gasteiger partial charge in [-0.1, -0.05) is 12.1 Å². The van der Waals surface area contributed by atoms with Crippen molar-refractivity contribution in [3.05, 3.63) is 41.1 Å². The van der Waals surface area contributed by atoms with Gasteiger partial charge in [-0.25, -0.2) is 4.99 Å². The Bertz CT molecular complexity index is 1170. The number of carbonyl (C=O) groups is 2. The van der Waals surface area contributed by atoms with Gasteiger partial charge in [-0.2, -0.15) is 5.11 Å². The summed E-state index contributed by atoms with van der Waals surface area (Å²) in [5.74, 6) is -0.511. The Morgan fingerprint density at radius 3 is 2.73 bits per heavy atom. The second-order valence-electron chi connectivity index (χ2n) is 7.11. The molecule has 30 heavy (non-hydrogen) atoms. The number of nitrogens with one attached hydrogen (secondary N) is 3. The summed E-state index contributed by atoms with van der Waals surface area (Å²) in [6.07, 6.45) is 1.37. The molecule has 2 amide bonds. The normalized spacial score (nSPS) is 19.3. The molecule has 3 N–H and O–H groups in total. The molecule has 2 aliphatic rings. The van der Waals surface area contributed by atoms with E-state index in [0.29, 0.717) is 11.5 Å². The van der Waals surface area contributed by atoms with Gasteiger partial charge in [-0.15, -0.1) is 15.3 Å². The van der Waals surface area contributed by atoms with Gasteiger partial charge in [0.15, 0.2) is 23.5 Å². The number of carbonyl (C=O) groups excluding carboxylic acids is 2. The number of amides is 2. The van der Waals surface area contributed by atoms with Crippen molar-refractivity contribution in [2.24, 2.45) is 21.1 Å². The molecule has 2 heterocycles. The summed E-state index contributed by atoms with van der Waals surface area (Å²) in [5, 5.41) is 23.6. The van der Waals surface area contributed by atoms with Crippen LogP contribution in [0.1, 0.15) is 45.5 Å². The highest BCUT2D eigenvalue weighted by Gasteiger charge is 2.30. The molecule has 1 aliphatic heterocycles. The van der Waals surface area contributed by atoms with E-state index >= 15 is 0 Å². The van der Waals surface area contributed by atoms with Crippen LogP contribution in [0.2, 0.25) is 0 Å². The molecule has 1 aromatic carbocycles. The van der Waals surface area contributed by atoms with Crippen molar-refractivity contribution in [2.75, 3.05) is 17.6 Å². The van der Waals surface area contributed by atoms with Crippen molar-refractivity contribution in [2.45, 2.75) is 32.9 Å². The lowest BCUT2D eigenvalue weighted by Crippen LogP contribution is -2.22. The molecule has 1 fully saturated rings. The minimum atomic E-state index is -2.70. The van der Waals surface area contributed by atoms with Gasteiger partial charge in [-0.3, -0.25) is 9.59 Å². The Labute approximate surface area is 177 Å². The molecule has 0 radical (unpaired) electrons. The number of hydrogen-bond acceptors (Lipinski definition) is 8. The summed E-state index contributed by atoms with van der Waals surface area (Å²) in [4.78, 5) is 29.1. The molecule has 4 rings (SSSR count). The number of rotatable bonds is 6. The van der Waals surface area contributed by atoms with E-state index in [1.807, 2.05) is 25.2 Å². The number of hydrogen-bond donors (Lipinski definition) is 3. The first-order valence-electron chi connectivity index (χ1n) is 11.0. The third kappa shape index (κ3) is 4.02. The second kappa shape index (κ2) is 7.97. The SMILES string of the molecule is [2H]C([2H])([2H])NC(=O)c1nnc(NC(=O)C2CC2)cc1Nc1cccc(C2=NC(C)N=N2)c1C. The maximum atomic E-state index is 12.6. The van der Waals surface area contributed by atoms with Crippen LogP contribution in [-0.2, 0) is 4.79 Å². The number of anilines is 3. The van der Waals surface area contributed by atoms with Crippen LogP contribution in [0.5, 0.6) is 0 Å². The Kier molecular flexibility index (Phi) is 4.29. The first-order valence-corrected chi connectivity index (χ1v) is 9.47. The molecule has 0 spiro atoms. The molecule has 10 nitrogen and oxygen atoms in total. The Balaban J connectivity index is 1.68. The third-order valence-electron chi connectivity index (χ3n) is 4.79. The number of amidine groups is 1. The molecule has 1 atom stereocenters. The van der Waals surface area contributed by atoms with Gasteiger partial charge in [0.2, 0.25) is 5.91 Å². The van der Waals surface area contributed by atoms with Crippen LogP contribution in [0.3, 0.4) is 0 Å². The van der Waals surface area contributed by atoms with Crippen molar-refractivity contribution in [3.8, 4) is 0 Å². The molecule has 0 saturated heterocycles. The largest absolute Gasteiger partial charge is 0.354 e. The quantitative estimate of drug-likeness (QED) is 0.675. The summed E-state index contributed by atoms with van der Waals surface area (Å²) in [5.41, 5.74) is 2.10. The van der Waals surface area contributed by atoms with E-state index in [1.165, 1.54) is 6.07 Å². The molecular formula is C20H22N8O2. The Morgan fingerprint density at radius 2 is 2.03 bits per heavy atom. The lowest BCUT2D eigenvalue weighted by Gasteiger charge is -2.15. The molecular weight excluding hydrogens is 384 g/mol. The standard InChI is InChI=1S/C20H22N8O2/c1-10-13(18-22-11(2)25-28-18)5-4-6-14(10)23-15-9-16(24-19(29)12-7-8-12)26-27-17(15)20(30)21-3/h4-6,9,11-12H,7-8H2,1-3H3,(H,21,30)(H2,23,24,26,29)/i3D3. The predicted molar refractivity (Wildman–Crippen MR) is 112 cm³/mol. The van der Waals surface area contributed by atoms with Crippen LogP contribution in [0.25, 0.3) is 0 Å². The number of benzene rings is 1. The van der Waals surface area contributed by atoms with Crippen LogP contribution in [-0.4, -0.2) is 41.0 Å². The summed E-state index contributed by atoms with van der Waals surface area (Å²) in [6, 6.07) is 6.87. The Morgan fingerprint density at radius 1 is 1.20 bits per heavy atom. The smallest absolute Gasteiger partial charge is 0.273 e. The fraction of sp³-hybridized carbons (Fsp3) is 0.350. The van der Waals surface area contributed by atoms with Crippen molar-refractivity contribution in [1.29, 1.82) is 0 Å². The number of aromatic nitrogens is 2. The van der Waals surface area contributed by atoms with Crippen LogP contribution < -0.4 is 16.0 Å². The Hall–Kier alpha value is -3.69. The fourth-order valence-corrected chi connectivity index (χ4v) is 3.00. The van der Waals surface area contributed by atoms with E-state index in [0.717, 1.165) is 24.0 Å². The van der Waals surface area contributed by atoms with E-state index in [1.54, 1.807) is 12.1 Å². The van der Waals surface area contributed by atoms with Crippen LogP contribution in [0.4, 0.5) is 17.2 Å². The second-order valence-corrected chi connectivity index (χ2v) is 7.11. The van der Waals surface area contributed by atoms with Gasteiger partial charge < -0.3 is 16.0 Å². The lowest BCUT2D eigenvalue weighted by atomic mass is 10.1. The highest BCUT2D eigenvalue weighted by atomic mass is 16.2. The van der Waals surface area contributed by atoms with Gasteiger partial charge in [0.1, 0.15) is 0 Å². The highest BCUT2D eigenvalue weighted by Crippen LogP contribution is 2.31. The minimum Gasteiger partial charge on any atom is -0.354 e. The average molecular weight is 409 g/mol. The molecule has 2 aromatic rings.